The van der Waals surface area contributed by atoms with Crippen LogP contribution in [-0.2, 0) is 0 Å². The lowest BCUT2D eigenvalue weighted by atomic mass is 10.2. The molecule has 0 aliphatic heterocycles. The SMILES string of the molecule is N#Cc1cc(Br)ccc1Sc1nncs1. The van der Waals surface area contributed by atoms with E-state index >= 15 is 0 Å². The van der Waals surface area contributed by atoms with Crippen LogP contribution in [0.1, 0.15) is 5.56 Å². The molecule has 0 aliphatic rings. The normalized spacial score (nSPS) is 9.87. The van der Waals surface area contributed by atoms with Crippen molar-refractivity contribution in [2.24, 2.45) is 0 Å². The minimum Gasteiger partial charge on any atom is -0.192 e. The van der Waals surface area contributed by atoms with Crippen molar-refractivity contribution < 1.29 is 0 Å². The molecule has 0 saturated heterocycles. The Hall–Kier alpha value is -0.900. The molecule has 2 aromatic rings. The van der Waals surface area contributed by atoms with Crippen LogP contribution < -0.4 is 0 Å². The van der Waals surface area contributed by atoms with Crippen LogP contribution in [0.15, 0.2) is 37.4 Å². The van der Waals surface area contributed by atoms with Gasteiger partial charge in [0, 0.05) is 9.37 Å². The van der Waals surface area contributed by atoms with Crippen LogP contribution >= 0.6 is 39.0 Å². The van der Waals surface area contributed by atoms with Crippen LogP contribution in [-0.4, -0.2) is 10.2 Å². The number of nitrogens with zero attached hydrogens (tertiary/aromatic N) is 3. The molecule has 3 nitrogen and oxygen atoms in total. The van der Waals surface area contributed by atoms with Crippen molar-refractivity contribution in [1.29, 1.82) is 5.26 Å². The molecule has 1 aromatic heterocycles. The van der Waals surface area contributed by atoms with Gasteiger partial charge in [-0.3, -0.25) is 0 Å². The molecular formula is C9H4BrN3S2. The highest BCUT2D eigenvalue weighted by molar-refractivity contribution is 9.10. The molecule has 1 heterocycles. The Morgan fingerprint density at radius 3 is 3.00 bits per heavy atom. The summed E-state index contributed by atoms with van der Waals surface area (Å²) in [5, 5.41) is 16.6. The molecule has 0 N–H and O–H groups in total. The maximum Gasteiger partial charge on any atom is 0.178 e. The zero-order chi connectivity index (χ0) is 10.7. The van der Waals surface area contributed by atoms with E-state index < -0.39 is 0 Å². The van der Waals surface area contributed by atoms with Crippen LogP contribution in [0.2, 0.25) is 0 Å². The average molecular weight is 298 g/mol. The number of halogens is 1. The van der Waals surface area contributed by atoms with Crippen molar-refractivity contribution >= 4 is 39.0 Å². The lowest BCUT2D eigenvalue weighted by molar-refractivity contribution is 1.01. The molecule has 74 valence electrons. The molecular weight excluding hydrogens is 294 g/mol. The minimum atomic E-state index is 0.643. The Morgan fingerprint density at radius 1 is 1.47 bits per heavy atom. The first kappa shape index (κ1) is 10.6. The smallest absolute Gasteiger partial charge is 0.178 e. The van der Waals surface area contributed by atoms with Gasteiger partial charge in [0.05, 0.1) is 5.56 Å². The van der Waals surface area contributed by atoms with E-state index in [0.29, 0.717) is 5.56 Å². The van der Waals surface area contributed by atoms with Crippen molar-refractivity contribution in [1.82, 2.24) is 10.2 Å². The molecule has 0 saturated carbocycles. The molecule has 6 heteroatoms. The summed E-state index contributed by atoms with van der Waals surface area (Å²) in [4.78, 5) is 0.900. The highest BCUT2D eigenvalue weighted by Crippen LogP contribution is 2.32. The topological polar surface area (TPSA) is 49.6 Å². The third-order valence-electron chi connectivity index (χ3n) is 1.60. The van der Waals surface area contributed by atoms with Gasteiger partial charge in [0.2, 0.25) is 0 Å². The van der Waals surface area contributed by atoms with Gasteiger partial charge in [-0.05, 0) is 18.2 Å². The summed E-state index contributed by atoms with van der Waals surface area (Å²) in [6, 6.07) is 7.75. The van der Waals surface area contributed by atoms with Gasteiger partial charge in [-0.25, -0.2) is 0 Å². The second-order valence-corrected chi connectivity index (χ2v) is 5.60. The van der Waals surface area contributed by atoms with Crippen LogP contribution in [0.25, 0.3) is 0 Å². The maximum atomic E-state index is 8.95. The quantitative estimate of drug-likeness (QED) is 0.853. The largest absolute Gasteiger partial charge is 0.192 e. The van der Waals surface area contributed by atoms with Gasteiger partial charge in [0.15, 0.2) is 4.34 Å². The van der Waals surface area contributed by atoms with Gasteiger partial charge in [-0.2, -0.15) is 5.26 Å². The van der Waals surface area contributed by atoms with Crippen LogP contribution in [0.5, 0.6) is 0 Å². The van der Waals surface area contributed by atoms with E-state index in [-0.39, 0.29) is 0 Å². The lowest BCUT2D eigenvalue weighted by Crippen LogP contribution is -1.81. The molecule has 15 heavy (non-hydrogen) atoms. The van der Waals surface area contributed by atoms with E-state index in [0.717, 1.165) is 13.7 Å². The van der Waals surface area contributed by atoms with Crippen molar-refractivity contribution in [3.05, 3.63) is 33.7 Å². The summed E-state index contributed by atoms with van der Waals surface area (Å²) in [5.74, 6) is 0. The Morgan fingerprint density at radius 2 is 2.33 bits per heavy atom. The third kappa shape index (κ3) is 2.56. The van der Waals surface area contributed by atoms with Gasteiger partial charge in [-0.1, -0.05) is 39.0 Å². The van der Waals surface area contributed by atoms with E-state index in [1.54, 1.807) is 11.6 Å². The monoisotopic (exact) mass is 297 g/mol. The predicted molar refractivity (Wildman–Crippen MR) is 62.9 cm³/mol. The Labute approximate surface area is 103 Å². The fourth-order valence-electron chi connectivity index (χ4n) is 0.980. The van der Waals surface area contributed by atoms with Gasteiger partial charge in [-0.15, -0.1) is 10.2 Å². The number of rotatable bonds is 2. The standard InChI is InChI=1S/C9H4BrN3S2/c10-7-1-2-8(6(3-7)4-11)15-9-13-12-5-14-9/h1-3,5H. The summed E-state index contributed by atoms with van der Waals surface area (Å²) in [5.41, 5.74) is 2.32. The van der Waals surface area contributed by atoms with Crippen molar-refractivity contribution in [2.75, 3.05) is 0 Å². The van der Waals surface area contributed by atoms with E-state index in [9.17, 15) is 0 Å². The fourth-order valence-corrected chi connectivity index (χ4v) is 2.84. The van der Waals surface area contributed by atoms with Crippen LogP contribution in [0, 0.1) is 11.3 Å². The number of hydrogen-bond donors (Lipinski definition) is 0. The van der Waals surface area contributed by atoms with E-state index in [1.165, 1.54) is 23.1 Å². The highest BCUT2D eigenvalue weighted by Gasteiger charge is 2.06. The van der Waals surface area contributed by atoms with E-state index in [4.69, 9.17) is 5.26 Å². The molecule has 2 rings (SSSR count). The molecule has 0 bridgehead atoms. The molecule has 1 aromatic carbocycles. The third-order valence-corrected chi connectivity index (χ3v) is 3.95. The summed E-state index contributed by atoms with van der Waals surface area (Å²) in [7, 11) is 0. The van der Waals surface area contributed by atoms with Crippen molar-refractivity contribution in [3.63, 3.8) is 0 Å². The Bertz CT molecular complexity index is 505. The van der Waals surface area contributed by atoms with Gasteiger partial charge >= 0.3 is 0 Å². The van der Waals surface area contributed by atoms with Crippen LogP contribution in [0.4, 0.5) is 0 Å². The highest BCUT2D eigenvalue weighted by atomic mass is 79.9. The van der Waals surface area contributed by atoms with E-state index in [2.05, 4.69) is 32.2 Å². The van der Waals surface area contributed by atoms with Gasteiger partial charge < -0.3 is 0 Å². The second-order valence-electron chi connectivity index (χ2n) is 2.56. The fraction of sp³-hybridized carbons (Fsp3) is 0. The Balaban J connectivity index is 2.33. The number of nitriles is 1. The lowest BCUT2D eigenvalue weighted by Gasteiger charge is -2.00. The number of benzene rings is 1. The second kappa shape index (κ2) is 4.75. The molecule has 0 fully saturated rings. The summed E-state index contributed by atoms with van der Waals surface area (Å²) < 4.78 is 1.74. The minimum absolute atomic E-state index is 0.643. The first-order valence-corrected chi connectivity index (χ1v) is 6.42. The van der Waals surface area contributed by atoms with Gasteiger partial charge in [0.25, 0.3) is 0 Å². The molecule has 0 unspecified atom stereocenters. The molecule has 0 amide bonds. The molecule has 0 radical (unpaired) electrons. The Kier molecular flexibility index (Phi) is 3.36. The maximum absolute atomic E-state index is 8.95. The van der Waals surface area contributed by atoms with Gasteiger partial charge in [0.1, 0.15) is 11.6 Å². The molecule has 0 atom stereocenters. The number of hydrogen-bond acceptors (Lipinski definition) is 5. The van der Waals surface area contributed by atoms with Crippen molar-refractivity contribution in [3.8, 4) is 6.07 Å². The van der Waals surface area contributed by atoms with Crippen LogP contribution in [0.3, 0.4) is 0 Å². The molecule has 0 spiro atoms. The summed E-state index contributed by atoms with van der Waals surface area (Å²) >= 11 is 6.25. The summed E-state index contributed by atoms with van der Waals surface area (Å²) in [6.07, 6.45) is 0. The first-order valence-electron chi connectivity index (χ1n) is 3.93. The number of aromatic nitrogens is 2. The molecule has 0 aliphatic carbocycles. The zero-order valence-corrected chi connectivity index (χ0v) is 10.6. The summed E-state index contributed by atoms with van der Waals surface area (Å²) in [6.45, 7) is 0. The first-order chi connectivity index (χ1) is 7.29. The van der Waals surface area contributed by atoms with Crippen molar-refractivity contribution in [2.45, 2.75) is 9.24 Å². The predicted octanol–water partition coefficient (Wildman–Crippen LogP) is 3.32. The zero-order valence-electron chi connectivity index (χ0n) is 7.35. The van der Waals surface area contributed by atoms with E-state index in [1.807, 2.05) is 12.1 Å². The average Bonchev–Trinajstić information content (AvgIpc) is 2.73.